The van der Waals surface area contributed by atoms with Crippen LogP contribution in [0.4, 0.5) is 0 Å². The molecule has 3 aliphatic rings. The van der Waals surface area contributed by atoms with Crippen molar-refractivity contribution in [3.63, 3.8) is 0 Å². The molecule has 25 heavy (non-hydrogen) atoms. The van der Waals surface area contributed by atoms with Crippen LogP contribution in [0.15, 0.2) is 23.1 Å². The molecular formula is C17H24N2O5S. The monoisotopic (exact) mass is 368 g/mol. The topological polar surface area (TPSA) is 85.9 Å². The molecule has 0 aromatic heterocycles. The molecule has 2 fully saturated rings. The first-order valence-electron chi connectivity index (χ1n) is 8.72. The van der Waals surface area contributed by atoms with Crippen LogP contribution in [0.3, 0.4) is 0 Å². The summed E-state index contributed by atoms with van der Waals surface area (Å²) in [4.78, 5) is 0.193. The highest BCUT2D eigenvalue weighted by Crippen LogP contribution is 2.36. The van der Waals surface area contributed by atoms with Gasteiger partial charge in [0, 0.05) is 19.2 Å². The van der Waals surface area contributed by atoms with E-state index >= 15 is 0 Å². The second-order valence-electron chi connectivity index (χ2n) is 6.96. The third-order valence-electron chi connectivity index (χ3n) is 5.45. The van der Waals surface area contributed by atoms with Gasteiger partial charge in [-0.25, -0.2) is 13.1 Å². The van der Waals surface area contributed by atoms with Gasteiger partial charge in [-0.05, 0) is 49.9 Å². The Hall–Kier alpha value is -1.35. The fourth-order valence-corrected chi connectivity index (χ4v) is 5.41. The molecule has 0 radical (unpaired) electrons. The molecule has 0 amide bonds. The zero-order valence-corrected chi connectivity index (χ0v) is 15.1. The zero-order valence-electron chi connectivity index (χ0n) is 14.2. The van der Waals surface area contributed by atoms with Gasteiger partial charge in [0.15, 0.2) is 11.5 Å². The fourth-order valence-electron chi connectivity index (χ4n) is 4.12. The van der Waals surface area contributed by atoms with Crippen LogP contribution in [-0.2, 0) is 14.8 Å². The highest BCUT2D eigenvalue weighted by atomic mass is 32.2. The van der Waals surface area contributed by atoms with Gasteiger partial charge in [0.1, 0.15) is 13.2 Å². The van der Waals surface area contributed by atoms with E-state index in [1.54, 1.807) is 19.2 Å². The van der Waals surface area contributed by atoms with E-state index in [1.165, 1.54) is 6.07 Å². The first-order chi connectivity index (χ1) is 12.1. The van der Waals surface area contributed by atoms with Crippen LogP contribution in [0.2, 0.25) is 0 Å². The van der Waals surface area contributed by atoms with Crippen LogP contribution in [0.25, 0.3) is 0 Å². The second kappa shape index (κ2) is 6.75. The Morgan fingerprint density at radius 1 is 1.12 bits per heavy atom. The van der Waals surface area contributed by atoms with Crippen LogP contribution in [0.1, 0.15) is 12.8 Å². The number of hydrogen-bond donors (Lipinski definition) is 2. The lowest BCUT2D eigenvalue weighted by Gasteiger charge is -2.37. The van der Waals surface area contributed by atoms with Gasteiger partial charge in [-0.2, -0.15) is 0 Å². The molecule has 1 aromatic rings. The minimum atomic E-state index is -3.65. The lowest BCUT2D eigenvalue weighted by atomic mass is 9.78. The van der Waals surface area contributed by atoms with Gasteiger partial charge in [-0.15, -0.1) is 0 Å². The average Bonchev–Trinajstić information content (AvgIpc) is 3.07. The van der Waals surface area contributed by atoms with Crippen molar-refractivity contribution in [3.8, 4) is 11.5 Å². The first-order valence-corrected chi connectivity index (χ1v) is 10.2. The van der Waals surface area contributed by atoms with E-state index in [0.717, 1.165) is 25.9 Å². The quantitative estimate of drug-likeness (QED) is 0.816. The Morgan fingerprint density at radius 3 is 2.60 bits per heavy atom. The highest BCUT2D eigenvalue weighted by molar-refractivity contribution is 7.89. The normalized spacial score (nSPS) is 31.6. The molecule has 7 nitrogen and oxygen atoms in total. The molecule has 1 saturated heterocycles. The first kappa shape index (κ1) is 17.1. The van der Waals surface area contributed by atoms with Crippen LogP contribution in [-0.4, -0.2) is 54.0 Å². The summed E-state index contributed by atoms with van der Waals surface area (Å²) in [6.45, 7) is 2.84. The maximum atomic E-state index is 12.9. The Balaban J connectivity index is 1.54. The van der Waals surface area contributed by atoms with E-state index in [4.69, 9.17) is 14.2 Å². The van der Waals surface area contributed by atoms with Crippen molar-refractivity contribution in [2.45, 2.75) is 29.9 Å². The van der Waals surface area contributed by atoms with Crippen molar-refractivity contribution >= 4 is 10.0 Å². The lowest BCUT2D eigenvalue weighted by Crippen LogP contribution is -2.50. The molecule has 138 valence electrons. The molecule has 8 heteroatoms. The third kappa shape index (κ3) is 3.36. The largest absolute Gasteiger partial charge is 0.486 e. The predicted octanol–water partition coefficient (Wildman–Crippen LogP) is 0.749. The van der Waals surface area contributed by atoms with Gasteiger partial charge in [-0.1, -0.05) is 0 Å². The van der Waals surface area contributed by atoms with Crippen molar-refractivity contribution in [2.75, 3.05) is 33.4 Å². The molecule has 4 rings (SSSR count). The minimum Gasteiger partial charge on any atom is -0.486 e. The molecule has 0 unspecified atom stereocenters. The zero-order chi connectivity index (χ0) is 17.4. The molecule has 2 aliphatic heterocycles. The van der Waals surface area contributed by atoms with Crippen LogP contribution in [0.5, 0.6) is 11.5 Å². The van der Waals surface area contributed by atoms with Gasteiger partial charge in [-0.3, -0.25) is 0 Å². The number of benzene rings is 1. The number of fused-ring (bicyclic) bond motifs is 2. The Labute approximate surface area is 148 Å². The van der Waals surface area contributed by atoms with Crippen molar-refractivity contribution in [1.82, 2.24) is 10.0 Å². The average molecular weight is 368 g/mol. The van der Waals surface area contributed by atoms with Crippen molar-refractivity contribution in [2.24, 2.45) is 11.8 Å². The molecule has 1 saturated carbocycles. The van der Waals surface area contributed by atoms with Gasteiger partial charge in [0.05, 0.1) is 11.0 Å². The van der Waals surface area contributed by atoms with Gasteiger partial charge < -0.3 is 19.5 Å². The Morgan fingerprint density at radius 2 is 1.84 bits per heavy atom. The number of sulfonamides is 1. The van der Waals surface area contributed by atoms with E-state index < -0.39 is 10.0 Å². The van der Waals surface area contributed by atoms with Gasteiger partial charge in [0.2, 0.25) is 10.0 Å². The SMILES string of the molecule is CO[C@H]1C[C@@H]2CNC[C@@H]2C[C@@H]1NS(=O)(=O)c1ccc2c(c1)OCCO2. The second-order valence-corrected chi connectivity index (χ2v) is 8.67. The summed E-state index contributed by atoms with van der Waals surface area (Å²) < 4.78 is 45.1. The molecule has 1 aromatic carbocycles. The Bertz CT molecular complexity index is 739. The lowest BCUT2D eigenvalue weighted by molar-refractivity contribution is 0.0194. The van der Waals surface area contributed by atoms with Crippen LogP contribution >= 0.6 is 0 Å². The molecule has 2 N–H and O–H groups in total. The van der Waals surface area contributed by atoms with E-state index in [2.05, 4.69) is 10.0 Å². The number of ether oxygens (including phenoxy) is 3. The van der Waals surface area contributed by atoms with Crippen molar-refractivity contribution < 1.29 is 22.6 Å². The van der Waals surface area contributed by atoms with E-state index in [-0.39, 0.29) is 17.0 Å². The van der Waals surface area contributed by atoms with E-state index in [9.17, 15) is 8.42 Å². The fraction of sp³-hybridized carbons (Fsp3) is 0.647. The summed E-state index contributed by atoms with van der Waals surface area (Å²) >= 11 is 0. The van der Waals surface area contributed by atoms with Gasteiger partial charge in [0.25, 0.3) is 0 Å². The van der Waals surface area contributed by atoms with Crippen molar-refractivity contribution in [3.05, 3.63) is 18.2 Å². The van der Waals surface area contributed by atoms with E-state index in [1.807, 2.05) is 0 Å². The molecule has 0 bridgehead atoms. The smallest absolute Gasteiger partial charge is 0.241 e. The summed E-state index contributed by atoms with van der Waals surface area (Å²) in [5, 5.41) is 3.39. The molecule has 0 spiro atoms. The summed E-state index contributed by atoms with van der Waals surface area (Å²) in [6, 6.07) is 4.51. The number of rotatable bonds is 4. The standard InChI is InChI=1S/C17H24N2O5S/c1-22-16-7-12-10-18-9-11(12)6-14(16)19-25(20,21)13-2-3-15-17(8-13)24-5-4-23-15/h2-3,8,11-12,14,16,18-19H,4-7,9-10H2,1H3/t11-,12+,14-,16-/m0/s1. The summed E-state index contributed by atoms with van der Waals surface area (Å²) in [7, 11) is -2.00. The van der Waals surface area contributed by atoms with E-state index in [0.29, 0.717) is 36.5 Å². The summed E-state index contributed by atoms with van der Waals surface area (Å²) in [6.07, 6.45) is 1.57. The molecule has 2 heterocycles. The predicted molar refractivity (Wildman–Crippen MR) is 91.4 cm³/mol. The number of methoxy groups -OCH3 is 1. The minimum absolute atomic E-state index is 0.104. The van der Waals surface area contributed by atoms with Crippen LogP contribution in [0, 0.1) is 11.8 Å². The molecule has 4 atom stereocenters. The van der Waals surface area contributed by atoms with Crippen LogP contribution < -0.4 is 19.5 Å². The maximum Gasteiger partial charge on any atom is 0.241 e. The van der Waals surface area contributed by atoms with Gasteiger partial charge >= 0.3 is 0 Å². The summed E-state index contributed by atoms with van der Waals surface area (Å²) in [5.74, 6) is 2.12. The number of nitrogens with one attached hydrogen (secondary N) is 2. The highest BCUT2D eigenvalue weighted by Gasteiger charge is 2.41. The molecular weight excluding hydrogens is 344 g/mol. The Kier molecular flexibility index (Phi) is 4.61. The number of hydrogen-bond acceptors (Lipinski definition) is 6. The molecule has 1 aliphatic carbocycles. The summed E-state index contributed by atoms with van der Waals surface area (Å²) in [5.41, 5.74) is 0. The third-order valence-corrected chi connectivity index (χ3v) is 6.94. The van der Waals surface area contributed by atoms with Crippen molar-refractivity contribution in [1.29, 1.82) is 0 Å². The maximum absolute atomic E-state index is 12.9.